The molecule has 0 saturated carbocycles. The number of methoxy groups -OCH3 is 1. The number of benzene rings is 1. The predicted molar refractivity (Wildman–Crippen MR) is 63.6 cm³/mol. The third-order valence-electron chi connectivity index (χ3n) is 2.25. The van der Waals surface area contributed by atoms with Crippen molar-refractivity contribution in [1.29, 1.82) is 0 Å². The van der Waals surface area contributed by atoms with E-state index in [1.165, 1.54) is 0 Å². The van der Waals surface area contributed by atoms with Gasteiger partial charge in [-0.15, -0.1) is 0 Å². The zero-order chi connectivity index (χ0) is 11.8. The molecule has 0 aliphatic rings. The Morgan fingerprint density at radius 3 is 2.81 bits per heavy atom. The van der Waals surface area contributed by atoms with Crippen molar-refractivity contribution in [2.24, 2.45) is 0 Å². The summed E-state index contributed by atoms with van der Waals surface area (Å²) >= 11 is 0. The first-order valence-electron chi connectivity index (χ1n) is 5.31. The maximum Gasteiger partial charge on any atom is 0.233 e. The average Bonchev–Trinajstić information content (AvgIpc) is 2.30. The minimum atomic E-state index is 0.0115. The van der Waals surface area contributed by atoms with Crippen LogP contribution in [-0.2, 0) is 11.2 Å². The van der Waals surface area contributed by atoms with E-state index in [0.29, 0.717) is 13.1 Å². The van der Waals surface area contributed by atoms with Crippen LogP contribution in [-0.4, -0.2) is 33.2 Å². The number of nitrogens with one attached hydrogen (secondary N) is 2. The van der Waals surface area contributed by atoms with Crippen LogP contribution in [0, 0.1) is 0 Å². The van der Waals surface area contributed by atoms with Gasteiger partial charge in [0.25, 0.3) is 0 Å². The molecule has 88 valence electrons. The van der Waals surface area contributed by atoms with Gasteiger partial charge >= 0.3 is 0 Å². The number of para-hydroxylation sites is 1. The van der Waals surface area contributed by atoms with E-state index in [2.05, 4.69) is 10.6 Å². The van der Waals surface area contributed by atoms with Crippen molar-refractivity contribution in [3.63, 3.8) is 0 Å². The van der Waals surface area contributed by atoms with Crippen LogP contribution in [0.25, 0.3) is 0 Å². The highest BCUT2D eigenvalue weighted by molar-refractivity contribution is 5.77. The first-order valence-corrected chi connectivity index (χ1v) is 5.31. The lowest BCUT2D eigenvalue weighted by molar-refractivity contribution is -0.120. The zero-order valence-corrected chi connectivity index (χ0v) is 9.75. The predicted octanol–water partition coefficient (Wildman–Crippen LogP) is 0.573. The van der Waals surface area contributed by atoms with E-state index >= 15 is 0 Å². The first kappa shape index (κ1) is 12.5. The summed E-state index contributed by atoms with van der Waals surface area (Å²) in [6.45, 7) is 0.979. The molecular weight excluding hydrogens is 204 g/mol. The van der Waals surface area contributed by atoms with Gasteiger partial charge in [0, 0.05) is 6.54 Å². The molecule has 0 bridgehead atoms. The van der Waals surface area contributed by atoms with Gasteiger partial charge in [0.1, 0.15) is 5.75 Å². The third-order valence-corrected chi connectivity index (χ3v) is 2.25. The van der Waals surface area contributed by atoms with E-state index in [1.807, 2.05) is 24.3 Å². The van der Waals surface area contributed by atoms with Crippen LogP contribution in [0.4, 0.5) is 0 Å². The van der Waals surface area contributed by atoms with Gasteiger partial charge in [0.15, 0.2) is 0 Å². The Morgan fingerprint density at radius 1 is 1.38 bits per heavy atom. The van der Waals surface area contributed by atoms with E-state index in [9.17, 15) is 4.79 Å². The molecule has 0 aliphatic heterocycles. The highest BCUT2D eigenvalue weighted by Gasteiger charge is 2.02. The summed E-state index contributed by atoms with van der Waals surface area (Å²) in [5.74, 6) is 0.878. The monoisotopic (exact) mass is 222 g/mol. The van der Waals surface area contributed by atoms with E-state index < -0.39 is 0 Å². The fraction of sp³-hybridized carbons (Fsp3) is 0.417. The highest BCUT2D eigenvalue weighted by atomic mass is 16.5. The lowest BCUT2D eigenvalue weighted by atomic mass is 10.1. The van der Waals surface area contributed by atoms with Crippen molar-refractivity contribution in [1.82, 2.24) is 10.6 Å². The molecule has 0 aliphatic carbocycles. The molecule has 1 aromatic rings. The van der Waals surface area contributed by atoms with Gasteiger partial charge in [0.2, 0.25) is 5.91 Å². The zero-order valence-electron chi connectivity index (χ0n) is 9.75. The van der Waals surface area contributed by atoms with Crippen molar-refractivity contribution < 1.29 is 9.53 Å². The Bertz CT molecular complexity index is 340. The molecule has 4 nitrogen and oxygen atoms in total. The standard InChI is InChI=1S/C12H18N2O2/c1-13-9-12(15)14-8-7-10-5-3-4-6-11(10)16-2/h3-6,13H,7-9H2,1-2H3,(H,14,15). The molecule has 1 rings (SSSR count). The molecule has 0 spiro atoms. The number of likely N-dealkylation sites (N-methyl/N-ethyl adjacent to an activating group) is 1. The summed E-state index contributed by atoms with van der Waals surface area (Å²) in [7, 11) is 3.40. The molecule has 1 aromatic carbocycles. The molecule has 2 N–H and O–H groups in total. The second-order valence-electron chi connectivity index (χ2n) is 3.44. The van der Waals surface area contributed by atoms with Gasteiger partial charge in [-0.25, -0.2) is 0 Å². The molecule has 0 radical (unpaired) electrons. The molecular formula is C12H18N2O2. The maximum atomic E-state index is 11.2. The van der Waals surface area contributed by atoms with E-state index in [0.717, 1.165) is 17.7 Å². The van der Waals surface area contributed by atoms with E-state index in [4.69, 9.17) is 4.74 Å². The van der Waals surface area contributed by atoms with Crippen LogP contribution in [0.2, 0.25) is 0 Å². The number of carbonyl (C=O) groups excluding carboxylic acids is 1. The fourth-order valence-corrected chi connectivity index (χ4v) is 1.47. The average molecular weight is 222 g/mol. The molecule has 0 aromatic heterocycles. The Hall–Kier alpha value is -1.55. The first-order chi connectivity index (χ1) is 7.77. The van der Waals surface area contributed by atoms with Gasteiger partial charge in [-0.05, 0) is 25.1 Å². The summed E-state index contributed by atoms with van der Waals surface area (Å²) in [5, 5.41) is 5.63. The van der Waals surface area contributed by atoms with Crippen molar-refractivity contribution in [3.05, 3.63) is 29.8 Å². The fourth-order valence-electron chi connectivity index (χ4n) is 1.47. The van der Waals surface area contributed by atoms with Crippen molar-refractivity contribution in [2.45, 2.75) is 6.42 Å². The van der Waals surface area contributed by atoms with Crippen molar-refractivity contribution in [2.75, 3.05) is 27.2 Å². The summed E-state index contributed by atoms with van der Waals surface area (Å²) in [4.78, 5) is 11.2. The Morgan fingerprint density at radius 2 is 2.12 bits per heavy atom. The van der Waals surface area contributed by atoms with Crippen molar-refractivity contribution in [3.8, 4) is 5.75 Å². The summed E-state index contributed by atoms with van der Waals surface area (Å²) in [5.41, 5.74) is 1.11. The van der Waals surface area contributed by atoms with E-state index in [-0.39, 0.29) is 5.91 Å². The minimum absolute atomic E-state index is 0.0115. The lowest BCUT2D eigenvalue weighted by Gasteiger charge is -2.08. The van der Waals surface area contributed by atoms with Gasteiger partial charge in [0.05, 0.1) is 13.7 Å². The Labute approximate surface area is 96.0 Å². The van der Waals surface area contributed by atoms with Gasteiger partial charge in [-0.3, -0.25) is 4.79 Å². The van der Waals surface area contributed by atoms with Crippen LogP contribution in [0.15, 0.2) is 24.3 Å². The highest BCUT2D eigenvalue weighted by Crippen LogP contribution is 2.16. The third kappa shape index (κ3) is 3.90. The molecule has 0 saturated heterocycles. The molecule has 0 unspecified atom stereocenters. The Balaban J connectivity index is 2.39. The normalized spacial score (nSPS) is 9.88. The number of rotatable bonds is 6. The molecule has 1 amide bonds. The second kappa shape index (κ2) is 6.85. The second-order valence-corrected chi connectivity index (χ2v) is 3.44. The molecule has 4 heteroatoms. The maximum absolute atomic E-state index is 11.2. The minimum Gasteiger partial charge on any atom is -0.496 e. The molecule has 0 fully saturated rings. The summed E-state index contributed by atoms with van der Waals surface area (Å²) < 4.78 is 5.23. The number of carbonyl (C=O) groups is 1. The smallest absolute Gasteiger partial charge is 0.233 e. The van der Waals surface area contributed by atoms with Gasteiger partial charge in [-0.1, -0.05) is 18.2 Å². The van der Waals surface area contributed by atoms with Gasteiger partial charge in [-0.2, -0.15) is 0 Å². The SMILES string of the molecule is CNCC(=O)NCCc1ccccc1OC. The number of hydrogen-bond acceptors (Lipinski definition) is 3. The quantitative estimate of drug-likeness (QED) is 0.740. The van der Waals surface area contributed by atoms with E-state index in [1.54, 1.807) is 14.2 Å². The van der Waals surface area contributed by atoms with Crippen LogP contribution < -0.4 is 15.4 Å². The Kier molecular flexibility index (Phi) is 5.36. The van der Waals surface area contributed by atoms with Crippen molar-refractivity contribution >= 4 is 5.91 Å². The largest absolute Gasteiger partial charge is 0.496 e. The van der Waals surface area contributed by atoms with Crippen LogP contribution in [0.3, 0.4) is 0 Å². The summed E-state index contributed by atoms with van der Waals surface area (Å²) in [6.07, 6.45) is 0.777. The number of ether oxygens (including phenoxy) is 1. The molecule has 16 heavy (non-hydrogen) atoms. The van der Waals surface area contributed by atoms with Gasteiger partial charge < -0.3 is 15.4 Å². The van der Waals surface area contributed by atoms with Crippen LogP contribution in [0.5, 0.6) is 5.75 Å². The lowest BCUT2D eigenvalue weighted by Crippen LogP contribution is -2.33. The molecule has 0 heterocycles. The molecule has 0 atom stereocenters. The van der Waals surface area contributed by atoms with Crippen LogP contribution >= 0.6 is 0 Å². The van der Waals surface area contributed by atoms with Crippen LogP contribution in [0.1, 0.15) is 5.56 Å². The number of hydrogen-bond donors (Lipinski definition) is 2. The number of amides is 1. The topological polar surface area (TPSA) is 50.4 Å². The summed E-state index contributed by atoms with van der Waals surface area (Å²) in [6, 6.07) is 7.82.